The van der Waals surface area contributed by atoms with Crippen LogP contribution in [0.3, 0.4) is 0 Å². The van der Waals surface area contributed by atoms with Crippen LogP contribution in [-0.4, -0.2) is 20.6 Å². The molecule has 2 aromatic rings. The number of hydrogen-bond donors (Lipinski definition) is 0. The summed E-state index contributed by atoms with van der Waals surface area (Å²) in [7, 11) is 0. The molecule has 15 heavy (non-hydrogen) atoms. The fourth-order valence-corrected chi connectivity index (χ4v) is 0.727. The van der Waals surface area contributed by atoms with E-state index in [1.165, 1.54) is 0 Å². The summed E-state index contributed by atoms with van der Waals surface area (Å²) in [4.78, 5) is 0. The van der Waals surface area contributed by atoms with E-state index in [0.29, 0.717) is 0 Å². The summed E-state index contributed by atoms with van der Waals surface area (Å²) < 4.78 is 0. The molecule has 2 aromatic heterocycles. The van der Waals surface area contributed by atoms with Crippen molar-refractivity contribution in [2.75, 3.05) is 0 Å². The fourth-order valence-electron chi connectivity index (χ4n) is 0.727. The Morgan fingerprint density at radius 3 is 1.47 bits per heavy atom. The zero-order valence-electron chi connectivity index (χ0n) is 8.83. The zero-order chi connectivity index (χ0) is 10.2. The maximum atomic E-state index is 3.67. The zero-order valence-corrected chi connectivity index (χ0v) is 11.7. The molecular weight excluding hydrogens is 269 g/mol. The first kappa shape index (κ1) is 14.4. The van der Waals surface area contributed by atoms with Crippen molar-refractivity contribution in [1.82, 2.24) is 30.8 Å². The molecule has 1 radical (unpaired) electrons. The topological polar surface area (TPSA) is 79.8 Å². The molecule has 79 valence electrons. The van der Waals surface area contributed by atoms with E-state index < -0.39 is 0 Å². The molecule has 2 rings (SSSR count). The Balaban J connectivity index is 0.000000245. The Bertz CT molecular complexity index is 283. The normalized spacial score (nSPS) is 8.67. The molecular formula is C8H12N6Y-2. The van der Waals surface area contributed by atoms with Gasteiger partial charge in [0, 0.05) is 32.7 Å². The van der Waals surface area contributed by atoms with Crippen LogP contribution in [0.15, 0.2) is 12.4 Å². The number of aromatic nitrogens is 6. The third kappa shape index (κ3) is 5.74. The summed E-state index contributed by atoms with van der Waals surface area (Å²) in [6, 6.07) is 0. The molecule has 7 heteroatoms. The first-order chi connectivity index (χ1) is 6.86. The average molecular weight is 281 g/mol. The second-order valence-electron chi connectivity index (χ2n) is 2.56. The van der Waals surface area contributed by atoms with Gasteiger partial charge in [-0.15, -0.1) is 0 Å². The average Bonchev–Trinajstić information content (AvgIpc) is 2.92. The second kappa shape index (κ2) is 8.67. The Labute approximate surface area is 114 Å². The van der Waals surface area contributed by atoms with Crippen molar-refractivity contribution >= 4 is 0 Å². The van der Waals surface area contributed by atoms with Crippen LogP contribution in [0.25, 0.3) is 0 Å². The Morgan fingerprint density at radius 2 is 1.33 bits per heavy atom. The van der Waals surface area contributed by atoms with Gasteiger partial charge in [0.25, 0.3) is 0 Å². The van der Waals surface area contributed by atoms with Crippen molar-refractivity contribution in [2.24, 2.45) is 0 Å². The van der Waals surface area contributed by atoms with Gasteiger partial charge in [-0.25, -0.2) is 0 Å². The van der Waals surface area contributed by atoms with Crippen LogP contribution < -0.4 is 10.2 Å². The summed E-state index contributed by atoms with van der Waals surface area (Å²) in [5.74, 6) is 0. The Morgan fingerprint density at radius 1 is 0.933 bits per heavy atom. The Kier molecular flexibility index (Phi) is 8.32. The maximum absolute atomic E-state index is 3.67. The predicted molar refractivity (Wildman–Crippen MR) is 49.5 cm³/mol. The van der Waals surface area contributed by atoms with E-state index in [-0.39, 0.29) is 32.7 Å². The fraction of sp³-hybridized carbons (Fsp3) is 0.500. The van der Waals surface area contributed by atoms with Gasteiger partial charge in [-0.1, -0.05) is 37.6 Å². The van der Waals surface area contributed by atoms with Gasteiger partial charge in [0.05, 0.1) is 0 Å². The van der Waals surface area contributed by atoms with Gasteiger partial charge >= 0.3 is 0 Å². The van der Waals surface area contributed by atoms with Crippen LogP contribution in [0.4, 0.5) is 0 Å². The van der Waals surface area contributed by atoms with E-state index in [1.54, 1.807) is 12.4 Å². The molecule has 0 atom stereocenters. The molecule has 6 nitrogen and oxygen atoms in total. The largest absolute Gasteiger partial charge is 0.358 e. The molecule has 0 unspecified atom stereocenters. The molecule has 0 N–H and O–H groups in total. The third-order valence-electron chi connectivity index (χ3n) is 1.59. The van der Waals surface area contributed by atoms with Crippen molar-refractivity contribution in [3.63, 3.8) is 0 Å². The van der Waals surface area contributed by atoms with E-state index in [9.17, 15) is 0 Å². The van der Waals surface area contributed by atoms with E-state index in [4.69, 9.17) is 0 Å². The summed E-state index contributed by atoms with van der Waals surface area (Å²) in [5.41, 5.74) is 1.92. The van der Waals surface area contributed by atoms with Crippen molar-refractivity contribution in [2.45, 2.75) is 26.7 Å². The minimum Gasteiger partial charge on any atom is -0.358 e. The van der Waals surface area contributed by atoms with Gasteiger partial charge in [-0.3, -0.25) is 10.4 Å². The predicted octanol–water partition coefficient (Wildman–Crippen LogP) is -0.0101. The minimum atomic E-state index is 0. The van der Waals surface area contributed by atoms with Crippen LogP contribution in [0.2, 0.25) is 0 Å². The molecule has 2 heterocycles. The number of aryl methyl sites for hydroxylation is 2. The van der Waals surface area contributed by atoms with Crippen LogP contribution >= 0.6 is 0 Å². The molecule has 0 aromatic carbocycles. The number of hydrogen-bond acceptors (Lipinski definition) is 4. The van der Waals surface area contributed by atoms with Gasteiger partial charge in [0.15, 0.2) is 0 Å². The molecule has 0 aliphatic heterocycles. The first-order valence-corrected chi connectivity index (χ1v) is 4.46. The van der Waals surface area contributed by atoms with E-state index in [2.05, 4.69) is 30.8 Å². The first-order valence-electron chi connectivity index (χ1n) is 4.46. The van der Waals surface area contributed by atoms with Crippen LogP contribution in [-0.2, 0) is 45.6 Å². The van der Waals surface area contributed by atoms with Gasteiger partial charge in [-0.05, 0) is 12.8 Å². The summed E-state index contributed by atoms with van der Waals surface area (Å²) in [6.07, 6.45) is 5.18. The molecule has 0 bridgehead atoms. The molecule has 0 fully saturated rings. The molecule has 0 saturated carbocycles. The van der Waals surface area contributed by atoms with Crippen LogP contribution in [0.5, 0.6) is 0 Å². The molecule has 0 saturated heterocycles. The van der Waals surface area contributed by atoms with Gasteiger partial charge in [-0.2, -0.15) is 0 Å². The van der Waals surface area contributed by atoms with Crippen molar-refractivity contribution in [3.8, 4) is 0 Å². The summed E-state index contributed by atoms with van der Waals surface area (Å²) in [6.45, 7) is 4.04. The molecule has 0 amide bonds. The van der Waals surface area contributed by atoms with Crippen molar-refractivity contribution < 1.29 is 32.7 Å². The minimum absolute atomic E-state index is 0. The van der Waals surface area contributed by atoms with Gasteiger partial charge in [0.2, 0.25) is 0 Å². The van der Waals surface area contributed by atoms with Gasteiger partial charge < -0.3 is 20.4 Å². The molecule has 0 spiro atoms. The van der Waals surface area contributed by atoms with Gasteiger partial charge in [0.1, 0.15) is 0 Å². The second-order valence-corrected chi connectivity index (χ2v) is 2.56. The van der Waals surface area contributed by atoms with Crippen molar-refractivity contribution in [3.05, 3.63) is 23.8 Å². The van der Waals surface area contributed by atoms with Crippen LogP contribution in [0, 0.1) is 0 Å². The molecule has 0 aliphatic carbocycles. The number of nitrogens with zero attached hydrogens (tertiary/aromatic N) is 6. The van der Waals surface area contributed by atoms with Crippen LogP contribution in [0.1, 0.15) is 25.2 Å². The standard InChI is InChI=1S/2C4H6N3.Y/c2*1-2-4-3-5-7-6-4;/h2*3H,2H2,1H3;/q2*-1;. The number of rotatable bonds is 2. The SMILES string of the molecule is CCc1c[n-]nn1.CCc1c[n-]nn1.[Y]. The Hall–Kier alpha value is -0.616. The summed E-state index contributed by atoms with van der Waals surface area (Å²) in [5, 5.41) is 21.2. The maximum Gasteiger partial charge on any atom is 0 e. The quantitative estimate of drug-likeness (QED) is 0.770. The smallest absolute Gasteiger partial charge is 0 e. The third-order valence-corrected chi connectivity index (χ3v) is 1.59. The summed E-state index contributed by atoms with van der Waals surface area (Å²) >= 11 is 0. The van der Waals surface area contributed by atoms with E-state index in [1.807, 2.05) is 13.8 Å². The van der Waals surface area contributed by atoms with Crippen molar-refractivity contribution in [1.29, 1.82) is 0 Å². The molecule has 0 aliphatic rings. The van der Waals surface area contributed by atoms with E-state index in [0.717, 1.165) is 24.2 Å². The van der Waals surface area contributed by atoms with E-state index >= 15 is 0 Å². The monoisotopic (exact) mass is 281 g/mol.